The molecule has 1 aliphatic rings. The Hall–Kier alpha value is -0.570. The Labute approximate surface area is 131 Å². The molecule has 1 fully saturated rings. The minimum atomic E-state index is -3.44. The lowest BCUT2D eigenvalue weighted by Crippen LogP contribution is -2.37. The van der Waals surface area contributed by atoms with Gasteiger partial charge in [-0.25, -0.2) is 13.1 Å². The third kappa shape index (κ3) is 5.28. The Bertz CT molecular complexity index is 524. The van der Waals surface area contributed by atoms with E-state index in [2.05, 4.69) is 22.1 Å². The van der Waals surface area contributed by atoms with Crippen molar-refractivity contribution in [3.8, 4) is 0 Å². The van der Waals surface area contributed by atoms with Crippen LogP contribution in [0, 0.1) is 0 Å². The zero-order valence-corrected chi connectivity index (χ0v) is 14.0. The van der Waals surface area contributed by atoms with E-state index in [1.807, 2.05) is 11.8 Å². The van der Waals surface area contributed by atoms with Crippen molar-refractivity contribution in [3.05, 3.63) is 12.4 Å². The molecule has 2 N–H and O–H groups in total. The summed E-state index contributed by atoms with van der Waals surface area (Å²) in [6.45, 7) is 4.55. The van der Waals surface area contributed by atoms with E-state index in [4.69, 9.17) is 0 Å². The smallest absolute Gasteiger partial charge is 0.243 e. The molecule has 1 aromatic rings. The molecule has 120 valence electrons. The van der Waals surface area contributed by atoms with Crippen LogP contribution in [0.15, 0.2) is 17.3 Å². The summed E-state index contributed by atoms with van der Waals surface area (Å²) < 4.78 is 29.1. The molecule has 0 radical (unpaired) electrons. The van der Waals surface area contributed by atoms with Crippen LogP contribution in [0.2, 0.25) is 0 Å². The maximum atomic E-state index is 12.3. The van der Waals surface area contributed by atoms with Crippen LogP contribution < -0.4 is 10.0 Å². The number of sulfonamides is 1. The van der Waals surface area contributed by atoms with Crippen molar-refractivity contribution in [2.24, 2.45) is 0 Å². The minimum absolute atomic E-state index is 0.0609. The summed E-state index contributed by atoms with van der Waals surface area (Å²) in [6.07, 6.45) is 5.92. The maximum absolute atomic E-state index is 12.3. The molecule has 0 spiro atoms. The molecule has 1 saturated heterocycles. The Kier molecular flexibility index (Phi) is 6.53. The molecule has 0 aliphatic carbocycles. The van der Waals surface area contributed by atoms with Crippen molar-refractivity contribution >= 4 is 21.8 Å². The average molecular weight is 332 g/mol. The Balaban J connectivity index is 1.89. The van der Waals surface area contributed by atoms with Gasteiger partial charge in [-0.05, 0) is 37.3 Å². The van der Waals surface area contributed by atoms with E-state index in [9.17, 15) is 8.42 Å². The largest absolute Gasteiger partial charge is 0.315 e. The molecule has 2 rings (SSSR count). The average Bonchev–Trinajstić information content (AvgIpc) is 2.94. The topological polar surface area (TPSA) is 76.0 Å². The molecule has 0 aromatic carbocycles. The summed E-state index contributed by atoms with van der Waals surface area (Å²) in [6, 6.07) is 0.0609. The van der Waals surface area contributed by atoms with Crippen LogP contribution >= 0.6 is 11.8 Å². The van der Waals surface area contributed by atoms with Crippen LogP contribution in [0.3, 0.4) is 0 Å². The molecular weight excluding hydrogens is 308 g/mol. The second-order valence-corrected chi connectivity index (χ2v) is 8.14. The lowest BCUT2D eigenvalue weighted by atomic mass is 10.2. The zero-order chi connectivity index (χ0) is 15.1. The summed E-state index contributed by atoms with van der Waals surface area (Å²) >= 11 is 1.88. The lowest BCUT2D eigenvalue weighted by Gasteiger charge is -2.21. The molecule has 0 amide bonds. The summed E-state index contributed by atoms with van der Waals surface area (Å²) in [5, 5.41) is 7.40. The number of hydrogen-bond donors (Lipinski definition) is 2. The fourth-order valence-corrected chi connectivity index (χ4v) is 4.57. The molecule has 0 saturated carbocycles. The van der Waals surface area contributed by atoms with Gasteiger partial charge in [-0.15, -0.1) is 0 Å². The van der Waals surface area contributed by atoms with Gasteiger partial charge < -0.3 is 5.32 Å². The molecule has 0 bridgehead atoms. The first kappa shape index (κ1) is 16.8. The standard InChI is InChI=1S/C13H24N4O2S2/c1-2-5-14-6-7-17-11-13(10-15-17)21(18,19)16-12-3-8-20-9-4-12/h10-12,14,16H,2-9H2,1H3. The second-order valence-electron chi connectivity index (χ2n) is 5.20. The highest BCUT2D eigenvalue weighted by Gasteiger charge is 2.23. The zero-order valence-electron chi connectivity index (χ0n) is 12.4. The van der Waals surface area contributed by atoms with E-state index in [0.29, 0.717) is 6.54 Å². The second kappa shape index (κ2) is 8.17. The van der Waals surface area contributed by atoms with Gasteiger partial charge in [0.2, 0.25) is 10.0 Å². The highest BCUT2D eigenvalue weighted by Crippen LogP contribution is 2.19. The van der Waals surface area contributed by atoms with Gasteiger partial charge in [0.25, 0.3) is 0 Å². The molecule has 0 unspecified atom stereocenters. The Morgan fingerprint density at radius 2 is 2.14 bits per heavy atom. The van der Waals surface area contributed by atoms with E-state index in [1.165, 1.54) is 6.20 Å². The van der Waals surface area contributed by atoms with Gasteiger partial charge in [0.05, 0.1) is 12.7 Å². The first-order valence-electron chi connectivity index (χ1n) is 7.45. The first-order chi connectivity index (χ1) is 10.1. The summed E-state index contributed by atoms with van der Waals surface area (Å²) in [5.74, 6) is 2.05. The number of nitrogens with one attached hydrogen (secondary N) is 2. The first-order valence-corrected chi connectivity index (χ1v) is 10.1. The SMILES string of the molecule is CCCNCCn1cc(S(=O)(=O)NC2CCSCC2)cn1. The Morgan fingerprint density at radius 3 is 2.86 bits per heavy atom. The van der Waals surface area contributed by atoms with Crippen molar-refractivity contribution in [2.45, 2.75) is 43.7 Å². The molecule has 21 heavy (non-hydrogen) atoms. The van der Waals surface area contributed by atoms with Crippen molar-refractivity contribution in [1.82, 2.24) is 19.8 Å². The van der Waals surface area contributed by atoms with E-state index in [0.717, 1.165) is 43.9 Å². The van der Waals surface area contributed by atoms with E-state index < -0.39 is 10.0 Å². The fourth-order valence-electron chi connectivity index (χ4n) is 2.20. The predicted molar refractivity (Wildman–Crippen MR) is 86.1 cm³/mol. The van der Waals surface area contributed by atoms with Crippen molar-refractivity contribution in [2.75, 3.05) is 24.6 Å². The van der Waals surface area contributed by atoms with Crippen LogP contribution in [-0.4, -0.2) is 48.8 Å². The van der Waals surface area contributed by atoms with Gasteiger partial charge in [-0.1, -0.05) is 6.92 Å². The molecule has 6 nitrogen and oxygen atoms in total. The van der Waals surface area contributed by atoms with Gasteiger partial charge in [0.1, 0.15) is 4.90 Å². The fraction of sp³-hybridized carbons (Fsp3) is 0.769. The third-order valence-electron chi connectivity index (χ3n) is 3.41. The van der Waals surface area contributed by atoms with Gasteiger partial charge >= 0.3 is 0 Å². The van der Waals surface area contributed by atoms with Gasteiger partial charge in [0.15, 0.2) is 0 Å². The Morgan fingerprint density at radius 1 is 1.38 bits per heavy atom. The molecular formula is C13H24N4O2S2. The lowest BCUT2D eigenvalue weighted by molar-refractivity contribution is 0.528. The third-order valence-corrected chi connectivity index (χ3v) is 5.93. The normalized spacial score (nSPS) is 17.2. The number of nitrogens with zero attached hydrogens (tertiary/aromatic N) is 2. The number of thioether (sulfide) groups is 1. The van der Waals surface area contributed by atoms with Gasteiger partial charge in [-0.2, -0.15) is 16.9 Å². The summed E-state index contributed by atoms with van der Waals surface area (Å²) in [5.41, 5.74) is 0. The monoisotopic (exact) mass is 332 g/mol. The van der Waals surface area contributed by atoms with Crippen LogP contribution in [0.4, 0.5) is 0 Å². The van der Waals surface area contributed by atoms with Crippen LogP contribution in [0.25, 0.3) is 0 Å². The number of hydrogen-bond acceptors (Lipinski definition) is 5. The van der Waals surface area contributed by atoms with Crippen molar-refractivity contribution in [1.29, 1.82) is 0 Å². The van der Waals surface area contributed by atoms with E-state index in [-0.39, 0.29) is 10.9 Å². The molecule has 8 heteroatoms. The van der Waals surface area contributed by atoms with Gasteiger partial charge in [-0.3, -0.25) is 4.68 Å². The number of rotatable bonds is 8. The van der Waals surface area contributed by atoms with Crippen LogP contribution in [0.5, 0.6) is 0 Å². The highest BCUT2D eigenvalue weighted by atomic mass is 32.2. The predicted octanol–water partition coefficient (Wildman–Crippen LogP) is 1.06. The summed E-state index contributed by atoms with van der Waals surface area (Å²) in [7, 11) is -3.44. The molecule has 0 atom stereocenters. The number of aromatic nitrogens is 2. The van der Waals surface area contributed by atoms with Crippen LogP contribution in [-0.2, 0) is 16.6 Å². The quantitative estimate of drug-likeness (QED) is 0.696. The molecule has 1 aromatic heterocycles. The van der Waals surface area contributed by atoms with E-state index >= 15 is 0 Å². The van der Waals surface area contributed by atoms with Crippen molar-refractivity contribution < 1.29 is 8.42 Å². The van der Waals surface area contributed by atoms with E-state index in [1.54, 1.807) is 10.9 Å². The van der Waals surface area contributed by atoms with Crippen molar-refractivity contribution in [3.63, 3.8) is 0 Å². The summed E-state index contributed by atoms with van der Waals surface area (Å²) in [4.78, 5) is 0.260. The maximum Gasteiger partial charge on any atom is 0.243 e. The van der Waals surface area contributed by atoms with Crippen LogP contribution in [0.1, 0.15) is 26.2 Å². The highest BCUT2D eigenvalue weighted by molar-refractivity contribution is 7.99. The minimum Gasteiger partial charge on any atom is -0.315 e. The van der Waals surface area contributed by atoms with Gasteiger partial charge in [0, 0.05) is 18.8 Å². The molecule has 2 heterocycles. The molecule has 1 aliphatic heterocycles.